The minimum atomic E-state index is 0.701. The van der Waals surface area contributed by atoms with Crippen molar-refractivity contribution >= 4 is 5.69 Å². The summed E-state index contributed by atoms with van der Waals surface area (Å²) in [6.45, 7) is 4.78. The van der Waals surface area contributed by atoms with Gasteiger partial charge in [0.1, 0.15) is 0 Å². The van der Waals surface area contributed by atoms with Crippen molar-refractivity contribution in [3.8, 4) is 0 Å². The minimum absolute atomic E-state index is 0.701. The van der Waals surface area contributed by atoms with Gasteiger partial charge in [0, 0.05) is 30.7 Å². The third-order valence-corrected chi connectivity index (χ3v) is 5.35. The second-order valence-electron chi connectivity index (χ2n) is 6.77. The average Bonchev–Trinajstić information content (AvgIpc) is 2.48. The van der Waals surface area contributed by atoms with Gasteiger partial charge in [0.05, 0.1) is 0 Å². The zero-order valence-corrected chi connectivity index (χ0v) is 12.9. The Morgan fingerprint density at radius 1 is 1.15 bits per heavy atom. The summed E-state index contributed by atoms with van der Waals surface area (Å²) >= 11 is 0. The smallest absolute Gasteiger partial charge is 0.0376 e. The quantitative estimate of drug-likeness (QED) is 0.891. The summed E-state index contributed by atoms with van der Waals surface area (Å²) in [6, 6.07) is 9.66. The molecule has 1 aromatic rings. The van der Waals surface area contributed by atoms with Gasteiger partial charge < -0.3 is 10.2 Å². The number of benzene rings is 1. The highest BCUT2D eigenvalue weighted by Gasteiger charge is 2.28. The molecule has 0 bridgehead atoms. The Morgan fingerprint density at radius 2 is 1.95 bits per heavy atom. The number of anilines is 1. The Morgan fingerprint density at radius 3 is 2.80 bits per heavy atom. The maximum Gasteiger partial charge on any atom is 0.0376 e. The third kappa shape index (κ3) is 2.85. The number of fused-ring (bicyclic) bond motifs is 1. The van der Waals surface area contributed by atoms with Gasteiger partial charge in [-0.25, -0.2) is 0 Å². The first-order valence-corrected chi connectivity index (χ1v) is 8.28. The zero-order chi connectivity index (χ0) is 13.9. The van der Waals surface area contributed by atoms with Crippen molar-refractivity contribution < 1.29 is 0 Å². The number of rotatable bonds is 3. The first kappa shape index (κ1) is 13.9. The molecule has 3 atom stereocenters. The Balaban J connectivity index is 1.69. The Hall–Kier alpha value is -1.02. The van der Waals surface area contributed by atoms with E-state index in [1.165, 1.54) is 49.9 Å². The molecule has 2 nitrogen and oxygen atoms in total. The maximum atomic E-state index is 3.54. The Kier molecular flexibility index (Phi) is 4.30. The normalized spacial score (nSPS) is 29.9. The van der Waals surface area contributed by atoms with E-state index in [1.807, 2.05) is 0 Å². The monoisotopic (exact) mass is 272 g/mol. The lowest BCUT2D eigenvalue weighted by molar-refractivity contribution is 0.131. The van der Waals surface area contributed by atoms with Crippen LogP contribution in [0, 0.1) is 5.92 Å². The van der Waals surface area contributed by atoms with Crippen molar-refractivity contribution in [2.24, 2.45) is 5.92 Å². The predicted octanol–water partition coefficient (Wildman–Crippen LogP) is 4.10. The van der Waals surface area contributed by atoms with E-state index in [-0.39, 0.29) is 0 Å². The summed E-state index contributed by atoms with van der Waals surface area (Å²) in [5.74, 6) is 1.57. The number of nitrogens with one attached hydrogen (secondary N) is 1. The molecule has 2 heteroatoms. The van der Waals surface area contributed by atoms with Crippen LogP contribution in [0.5, 0.6) is 0 Å². The van der Waals surface area contributed by atoms with Crippen LogP contribution in [0.4, 0.5) is 5.69 Å². The maximum absolute atomic E-state index is 3.54. The summed E-state index contributed by atoms with van der Waals surface area (Å²) in [7, 11) is 2.34. The molecule has 0 radical (unpaired) electrons. The summed E-state index contributed by atoms with van der Waals surface area (Å²) in [5.41, 5.74) is 2.88. The van der Waals surface area contributed by atoms with Crippen molar-refractivity contribution in [1.29, 1.82) is 0 Å². The van der Waals surface area contributed by atoms with E-state index in [0.29, 0.717) is 5.92 Å². The Bertz CT molecular complexity index is 443. The molecule has 1 N–H and O–H groups in total. The molecule has 3 rings (SSSR count). The fraction of sp³-hybridized carbons (Fsp3) is 0.667. The van der Waals surface area contributed by atoms with Gasteiger partial charge in [0.2, 0.25) is 0 Å². The van der Waals surface area contributed by atoms with Crippen molar-refractivity contribution in [2.45, 2.75) is 51.0 Å². The van der Waals surface area contributed by atoms with E-state index >= 15 is 0 Å². The fourth-order valence-electron chi connectivity index (χ4n) is 4.17. The van der Waals surface area contributed by atoms with Gasteiger partial charge >= 0.3 is 0 Å². The molecule has 20 heavy (non-hydrogen) atoms. The Labute approximate surface area is 123 Å². The van der Waals surface area contributed by atoms with Gasteiger partial charge in [-0.2, -0.15) is 0 Å². The number of hydrogen-bond donors (Lipinski definition) is 1. The van der Waals surface area contributed by atoms with Gasteiger partial charge in [-0.15, -0.1) is 0 Å². The average molecular weight is 272 g/mol. The predicted molar refractivity (Wildman–Crippen MR) is 86.3 cm³/mol. The molecule has 1 heterocycles. The van der Waals surface area contributed by atoms with Crippen LogP contribution in [0.2, 0.25) is 0 Å². The van der Waals surface area contributed by atoms with E-state index in [1.54, 1.807) is 0 Å². The van der Waals surface area contributed by atoms with Crippen LogP contribution in [0.1, 0.15) is 50.5 Å². The van der Waals surface area contributed by atoms with Crippen LogP contribution in [0.15, 0.2) is 24.3 Å². The molecule has 1 saturated carbocycles. The number of likely N-dealkylation sites (N-methyl/N-ethyl adjacent to an activating group) is 1. The molecule has 1 fully saturated rings. The highest BCUT2D eigenvalue weighted by molar-refractivity contribution is 5.54. The van der Waals surface area contributed by atoms with Gasteiger partial charge in [0.15, 0.2) is 0 Å². The zero-order valence-electron chi connectivity index (χ0n) is 12.9. The molecule has 110 valence electrons. The fourth-order valence-corrected chi connectivity index (χ4v) is 4.17. The van der Waals surface area contributed by atoms with Crippen LogP contribution in [-0.4, -0.2) is 31.1 Å². The number of para-hydroxylation sites is 1. The molecular formula is C18H28N2. The van der Waals surface area contributed by atoms with E-state index in [0.717, 1.165) is 18.5 Å². The van der Waals surface area contributed by atoms with Crippen molar-refractivity contribution in [2.75, 3.05) is 25.5 Å². The summed E-state index contributed by atoms with van der Waals surface area (Å²) < 4.78 is 0. The molecule has 1 aromatic carbocycles. The number of nitrogens with zero attached hydrogens (tertiary/aromatic N) is 1. The van der Waals surface area contributed by atoms with E-state index < -0.39 is 0 Å². The second kappa shape index (κ2) is 6.17. The van der Waals surface area contributed by atoms with Crippen LogP contribution in [0.25, 0.3) is 0 Å². The minimum Gasteiger partial charge on any atom is -0.385 e. The van der Waals surface area contributed by atoms with Gasteiger partial charge in [0.25, 0.3) is 0 Å². The highest BCUT2D eigenvalue weighted by atomic mass is 15.1. The molecular weight excluding hydrogens is 244 g/mol. The molecule has 2 aliphatic rings. The molecule has 0 saturated heterocycles. The van der Waals surface area contributed by atoms with E-state index in [4.69, 9.17) is 0 Å². The first-order valence-electron chi connectivity index (χ1n) is 8.28. The molecule has 1 aliphatic carbocycles. The first-order chi connectivity index (χ1) is 9.75. The van der Waals surface area contributed by atoms with Crippen LogP contribution >= 0.6 is 0 Å². The van der Waals surface area contributed by atoms with E-state index in [2.05, 4.69) is 48.5 Å². The molecule has 3 unspecified atom stereocenters. The van der Waals surface area contributed by atoms with Crippen molar-refractivity contribution in [3.63, 3.8) is 0 Å². The number of hydrogen-bond acceptors (Lipinski definition) is 2. The molecule has 0 spiro atoms. The van der Waals surface area contributed by atoms with Crippen LogP contribution < -0.4 is 5.32 Å². The van der Waals surface area contributed by atoms with Crippen molar-refractivity contribution in [1.82, 2.24) is 4.90 Å². The van der Waals surface area contributed by atoms with Crippen LogP contribution in [0.3, 0.4) is 0 Å². The molecule has 0 amide bonds. The second-order valence-corrected chi connectivity index (χ2v) is 6.77. The SMILES string of the molecule is CC1CCCCC1N(C)CC1CCNc2ccccc21. The summed E-state index contributed by atoms with van der Waals surface area (Å²) in [4.78, 5) is 2.65. The molecule has 1 aliphatic heterocycles. The third-order valence-electron chi connectivity index (χ3n) is 5.35. The van der Waals surface area contributed by atoms with Gasteiger partial charge in [-0.1, -0.05) is 38.0 Å². The van der Waals surface area contributed by atoms with Crippen LogP contribution in [-0.2, 0) is 0 Å². The highest BCUT2D eigenvalue weighted by Crippen LogP contribution is 2.34. The topological polar surface area (TPSA) is 15.3 Å². The lowest BCUT2D eigenvalue weighted by Crippen LogP contribution is -2.41. The van der Waals surface area contributed by atoms with Crippen molar-refractivity contribution in [3.05, 3.63) is 29.8 Å². The van der Waals surface area contributed by atoms with Gasteiger partial charge in [-0.3, -0.25) is 0 Å². The lowest BCUT2D eigenvalue weighted by atomic mass is 9.83. The lowest BCUT2D eigenvalue weighted by Gasteiger charge is -2.39. The largest absolute Gasteiger partial charge is 0.385 e. The molecule has 0 aromatic heterocycles. The van der Waals surface area contributed by atoms with Gasteiger partial charge in [-0.05, 0) is 43.9 Å². The summed E-state index contributed by atoms with van der Waals surface area (Å²) in [5, 5.41) is 3.54. The standard InChI is InChI=1S/C18H28N2/c1-14-7-3-6-10-18(14)20(2)13-15-11-12-19-17-9-5-4-8-16(15)17/h4-5,8-9,14-15,18-19H,3,6-7,10-13H2,1-2H3. The van der Waals surface area contributed by atoms with E-state index in [9.17, 15) is 0 Å². The summed E-state index contributed by atoms with van der Waals surface area (Å²) in [6.07, 6.45) is 6.92.